The van der Waals surface area contributed by atoms with E-state index in [1.165, 1.54) is 32.1 Å². The van der Waals surface area contributed by atoms with Crippen molar-refractivity contribution in [2.75, 3.05) is 18.5 Å². The molecule has 1 heterocycles. The van der Waals surface area contributed by atoms with E-state index in [0.717, 1.165) is 0 Å². The van der Waals surface area contributed by atoms with Gasteiger partial charge in [-0.15, -0.1) is 7.92 Å². The average molecular weight is 158 g/mol. The van der Waals surface area contributed by atoms with Crippen LogP contribution in [0.25, 0.3) is 0 Å². The molecule has 0 bridgehead atoms. The lowest BCUT2D eigenvalue weighted by atomic mass is 10.3. The van der Waals surface area contributed by atoms with Crippen LogP contribution in [0.2, 0.25) is 0 Å². The van der Waals surface area contributed by atoms with E-state index >= 15 is 0 Å². The Kier molecular flexibility index (Phi) is 4.37. The summed E-state index contributed by atoms with van der Waals surface area (Å²) in [5, 5.41) is 0. The zero-order chi connectivity index (χ0) is 7.23. The summed E-state index contributed by atoms with van der Waals surface area (Å²) in [6, 6.07) is 0. The zero-order valence-electron chi connectivity index (χ0n) is 7.10. The number of unbranched alkanes of at least 4 members (excludes halogenated alkanes) is 2. The van der Waals surface area contributed by atoms with E-state index in [4.69, 9.17) is 0 Å². The van der Waals surface area contributed by atoms with Crippen molar-refractivity contribution in [1.29, 1.82) is 0 Å². The van der Waals surface area contributed by atoms with Gasteiger partial charge < -0.3 is 0 Å². The van der Waals surface area contributed by atoms with Gasteiger partial charge in [-0.3, -0.25) is 0 Å². The monoisotopic (exact) mass is 158 g/mol. The maximum Gasteiger partial charge on any atom is -0.0326 e. The number of rotatable bonds is 4. The Morgan fingerprint density at radius 2 is 1.80 bits per heavy atom. The van der Waals surface area contributed by atoms with E-state index in [9.17, 15) is 0 Å². The summed E-state index contributed by atoms with van der Waals surface area (Å²) in [7, 11) is 0.543. The van der Waals surface area contributed by atoms with Crippen LogP contribution in [0.4, 0.5) is 0 Å². The van der Waals surface area contributed by atoms with Crippen molar-refractivity contribution < 1.29 is 0 Å². The lowest BCUT2D eigenvalue weighted by Gasteiger charge is -2.07. The summed E-state index contributed by atoms with van der Waals surface area (Å²) in [4.78, 5) is 0. The highest BCUT2D eigenvalue weighted by Crippen LogP contribution is 2.43. The fourth-order valence-corrected chi connectivity index (χ4v) is 4.27. The average Bonchev–Trinajstić information content (AvgIpc) is 2.41. The van der Waals surface area contributed by atoms with E-state index in [1.807, 2.05) is 0 Å². The van der Waals surface area contributed by atoms with Gasteiger partial charge in [-0.2, -0.15) is 0 Å². The predicted molar refractivity (Wildman–Crippen MR) is 50.3 cm³/mol. The lowest BCUT2D eigenvalue weighted by molar-refractivity contribution is 0.775. The minimum Gasteiger partial charge on any atom is -0.107 e. The molecule has 0 N–H and O–H groups in total. The lowest BCUT2D eigenvalue weighted by Crippen LogP contribution is -1.85. The molecule has 0 aromatic heterocycles. The Balaban J connectivity index is 1.91. The second-order valence-electron chi connectivity index (χ2n) is 3.26. The molecule has 10 heavy (non-hydrogen) atoms. The van der Waals surface area contributed by atoms with Crippen LogP contribution in [0, 0.1) is 0 Å². The molecule has 1 aliphatic rings. The van der Waals surface area contributed by atoms with Crippen molar-refractivity contribution in [2.45, 2.75) is 39.0 Å². The molecule has 1 fully saturated rings. The summed E-state index contributed by atoms with van der Waals surface area (Å²) in [5.74, 6) is 0. The van der Waals surface area contributed by atoms with Gasteiger partial charge in [0, 0.05) is 0 Å². The molecule has 0 aromatic rings. The molecule has 0 aliphatic carbocycles. The molecule has 1 aliphatic heterocycles. The largest absolute Gasteiger partial charge is 0.107 e. The first kappa shape index (κ1) is 8.53. The molecule has 1 rings (SSSR count). The molecular weight excluding hydrogens is 139 g/mol. The van der Waals surface area contributed by atoms with Crippen LogP contribution in [0.3, 0.4) is 0 Å². The van der Waals surface area contributed by atoms with Crippen molar-refractivity contribution in [2.24, 2.45) is 0 Å². The Bertz CT molecular complexity index is 74.8. The van der Waals surface area contributed by atoms with Crippen molar-refractivity contribution in [3.8, 4) is 0 Å². The van der Waals surface area contributed by atoms with Gasteiger partial charge in [0.25, 0.3) is 0 Å². The third-order valence-corrected chi connectivity index (χ3v) is 5.12. The Hall–Kier alpha value is 0.430. The highest BCUT2D eigenvalue weighted by molar-refractivity contribution is 7.57. The molecular formula is C9H19P. The van der Waals surface area contributed by atoms with Crippen LogP contribution in [0.5, 0.6) is 0 Å². The van der Waals surface area contributed by atoms with E-state index in [0.29, 0.717) is 7.92 Å². The van der Waals surface area contributed by atoms with Gasteiger partial charge in [-0.25, -0.2) is 0 Å². The summed E-state index contributed by atoms with van der Waals surface area (Å²) >= 11 is 0. The summed E-state index contributed by atoms with van der Waals surface area (Å²) in [5.41, 5.74) is 0. The molecule has 0 amide bonds. The molecule has 0 unspecified atom stereocenters. The van der Waals surface area contributed by atoms with Crippen LogP contribution in [-0.4, -0.2) is 18.5 Å². The van der Waals surface area contributed by atoms with E-state index < -0.39 is 0 Å². The summed E-state index contributed by atoms with van der Waals surface area (Å²) < 4.78 is 0. The maximum atomic E-state index is 2.29. The molecule has 60 valence electrons. The topological polar surface area (TPSA) is 0 Å². The van der Waals surface area contributed by atoms with E-state index in [1.54, 1.807) is 18.5 Å². The van der Waals surface area contributed by atoms with Crippen LogP contribution in [0.1, 0.15) is 39.0 Å². The fraction of sp³-hybridized carbons (Fsp3) is 1.00. The third kappa shape index (κ3) is 3.01. The number of hydrogen-bond acceptors (Lipinski definition) is 0. The fourth-order valence-electron chi connectivity index (χ4n) is 1.59. The van der Waals surface area contributed by atoms with Crippen LogP contribution >= 0.6 is 7.92 Å². The summed E-state index contributed by atoms with van der Waals surface area (Å²) in [6.45, 7) is 2.29. The minimum atomic E-state index is 0.543. The normalized spacial score (nSPS) is 20.1. The van der Waals surface area contributed by atoms with Crippen LogP contribution in [-0.2, 0) is 0 Å². The van der Waals surface area contributed by atoms with Gasteiger partial charge in [-0.1, -0.05) is 19.8 Å². The summed E-state index contributed by atoms with van der Waals surface area (Å²) in [6.07, 6.45) is 12.2. The van der Waals surface area contributed by atoms with Crippen LogP contribution < -0.4 is 0 Å². The molecule has 0 spiro atoms. The maximum absolute atomic E-state index is 2.29. The second-order valence-corrected chi connectivity index (χ2v) is 5.94. The molecule has 0 radical (unpaired) electrons. The SMILES string of the molecule is CCCCCP1CCCC1. The van der Waals surface area contributed by atoms with Crippen molar-refractivity contribution in [1.82, 2.24) is 0 Å². The highest BCUT2D eigenvalue weighted by Gasteiger charge is 2.12. The smallest absolute Gasteiger partial charge is 0.0326 e. The molecule has 1 saturated heterocycles. The van der Waals surface area contributed by atoms with Crippen molar-refractivity contribution >= 4 is 7.92 Å². The predicted octanol–water partition coefficient (Wildman–Crippen LogP) is 3.45. The first-order chi connectivity index (χ1) is 4.93. The van der Waals surface area contributed by atoms with E-state index in [2.05, 4.69) is 6.92 Å². The standard InChI is InChI=1S/C9H19P/c1-2-3-4-7-10-8-5-6-9-10/h2-9H2,1H3. The third-order valence-electron chi connectivity index (χ3n) is 2.28. The minimum absolute atomic E-state index is 0.543. The van der Waals surface area contributed by atoms with Gasteiger partial charge >= 0.3 is 0 Å². The van der Waals surface area contributed by atoms with Gasteiger partial charge in [0.2, 0.25) is 0 Å². The molecule has 0 atom stereocenters. The van der Waals surface area contributed by atoms with Gasteiger partial charge in [0.05, 0.1) is 0 Å². The van der Waals surface area contributed by atoms with Crippen molar-refractivity contribution in [3.63, 3.8) is 0 Å². The molecule has 0 nitrogen and oxygen atoms in total. The van der Waals surface area contributed by atoms with Gasteiger partial charge in [0.15, 0.2) is 0 Å². The van der Waals surface area contributed by atoms with Gasteiger partial charge in [0.1, 0.15) is 0 Å². The first-order valence-electron chi connectivity index (χ1n) is 4.66. The zero-order valence-corrected chi connectivity index (χ0v) is 8.00. The second kappa shape index (κ2) is 5.13. The highest BCUT2D eigenvalue weighted by atomic mass is 31.1. The van der Waals surface area contributed by atoms with Crippen molar-refractivity contribution in [3.05, 3.63) is 0 Å². The van der Waals surface area contributed by atoms with Gasteiger partial charge in [-0.05, 0) is 37.7 Å². The van der Waals surface area contributed by atoms with E-state index in [-0.39, 0.29) is 0 Å². The number of hydrogen-bond donors (Lipinski definition) is 0. The first-order valence-corrected chi connectivity index (χ1v) is 6.55. The van der Waals surface area contributed by atoms with Crippen LogP contribution in [0.15, 0.2) is 0 Å². The Morgan fingerprint density at radius 3 is 2.40 bits per heavy atom. The quantitative estimate of drug-likeness (QED) is 0.434. The Labute approximate surface area is 66.2 Å². The molecule has 0 aromatic carbocycles. The molecule has 1 heteroatoms. The molecule has 0 saturated carbocycles. The Morgan fingerprint density at radius 1 is 1.10 bits per heavy atom.